The Morgan fingerprint density at radius 2 is 1.67 bits per heavy atom. The minimum atomic E-state index is -3.60. The second kappa shape index (κ2) is 7.00. The van der Waals surface area contributed by atoms with Gasteiger partial charge in [0.15, 0.2) is 15.9 Å². The molecule has 0 bridgehead atoms. The molecule has 0 aliphatic heterocycles. The summed E-state index contributed by atoms with van der Waals surface area (Å²) in [5.74, 6) is -1.20. The van der Waals surface area contributed by atoms with Gasteiger partial charge >= 0.3 is 5.97 Å². The van der Waals surface area contributed by atoms with Crippen LogP contribution in [0, 0.1) is 6.92 Å². The minimum Gasteiger partial charge on any atom is -0.451 e. The first-order valence-electron chi connectivity index (χ1n) is 8.31. The number of aromatic amines is 1. The summed E-state index contributed by atoms with van der Waals surface area (Å²) in [6, 6.07) is 13.1. The molecule has 0 radical (unpaired) electrons. The zero-order valence-corrected chi connectivity index (χ0v) is 16.0. The number of hydrogen-bond acceptors (Lipinski definition) is 5. The SMILES string of the molecule is Cc1[nH]c2ccccc2c1C(=O)[C@@H](C)OC(=O)c1ccccc1S(C)(=O)=O. The number of para-hydroxylation sites is 1. The van der Waals surface area contributed by atoms with E-state index in [2.05, 4.69) is 4.98 Å². The van der Waals surface area contributed by atoms with Crippen LogP contribution < -0.4 is 0 Å². The molecule has 6 nitrogen and oxygen atoms in total. The van der Waals surface area contributed by atoms with Crippen molar-refractivity contribution in [3.63, 3.8) is 0 Å². The van der Waals surface area contributed by atoms with Crippen LogP contribution in [-0.4, -0.2) is 37.5 Å². The van der Waals surface area contributed by atoms with Gasteiger partial charge in [-0.15, -0.1) is 0 Å². The van der Waals surface area contributed by atoms with Gasteiger partial charge < -0.3 is 9.72 Å². The lowest BCUT2D eigenvalue weighted by Gasteiger charge is -2.14. The predicted molar refractivity (Wildman–Crippen MR) is 102 cm³/mol. The smallest absolute Gasteiger partial charge is 0.340 e. The van der Waals surface area contributed by atoms with Crippen molar-refractivity contribution in [2.75, 3.05) is 6.26 Å². The zero-order chi connectivity index (χ0) is 19.8. The molecule has 0 saturated carbocycles. The lowest BCUT2D eigenvalue weighted by Crippen LogP contribution is -2.25. The van der Waals surface area contributed by atoms with E-state index in [1.165, 1.54) is 25.1 Å². The Morgan fingerprint density at radius 3 is 2.37 bits per heavy atom. The van der Waals surface area contributed by atoms with Crippen LogP contribution in [0.5, 0.6) is 0 Å². The number of esters is 1. The van der Waals surface area contributed by atoms with Crippen LogP contribution >= 0.6 is 0 Å². The van der Waals surface area contributed by atoms with Gasteiger partial charge in [0, 0.05) is 28.4 Å². The van der Waals surface area contributed by atoms with E-state index in [0.29, 0.717) is 11.3 Å². The molecule has 0 aliphatic rings. The van der Waals surface area contributed by atoms with Crippen molar-refractivity contribution in [1.29, 1.82) is 0 Å². The van der Waals surface area contributed by atoms with Crippen molar-refractivity contribution < 1.29 is 22.7 Å². The largest absolute Gasteiger partial charge is 0.451 e. The van der Waals surface area contributed by atoms with Crippen molar-refractivity contribution in [3.05, 3.63) is 65.4 Å². The standard InChI is InChI=1S/C20H19NO5S/c1-12-18(14-8-4-6-10-16(14)21-12)19(22)13(2)26-20(23)15-9-5-7-11-17(15)27(3,24)25/h4-11,13,21H,1-3H3/t13-/m1/s1. The number of carbonyl (C=O) groups excluding carboxylic acids is 2. The summed E-state index contributed by atoms with van der Waals surface area (Å²) in [5.41, 5.74) is 1.87. The number of hydrogen-bond donors (Lipinski definition) is 1. The summed E-state index contributed by atoms with van der Waals surface area (Å²) in [4.78, 5) is 28.4. The van der Waals surface area contributed by atoms with Gasteiger partial charge in [-0.25, -0.2) is 13.2 Å². The molecule has 3 rings (SSSR count). The maximum atomic E-state index is 12.9. The van der Waals surface area contributed by atoms with E-state index in [0.717, 1.165) is 17.2 Å². The van der Waals surface area contributed by atoms with E-state index < -0.39 is 21.9 Å². The number of ether oxygens (including phenoxy) is 1. The number of aromatic nitrogens is 1. The number of rotatable bonds is 5. The fourth-order valence-corrected chi connectivity index (χ4v) is 3.91. The molecule has 2 aromatic carbocycles. The van der Waals surface area contributed by atoms with Gasteiger partial charge in [0.05, 0.1) is 10.5 Å². The Morgan fingerprint density at radius 1 is 1.04 bits per heavy atom. The number of benzene rings is 2. The van der Waals surface area contributed by atoms with Gasteiger partial charge in [-0.3, -0.25) is 4.79 Å². The molecule has 1 N–H and O–H groups in total. The third-order valence-corrected chi connectivity index (χ3v) is 5.45. The second-order valence-electron chi connectivity index (χ2n) is 6.35. The molecule has 1 aromatic heterocycles. The summed E-state index contributed by atoms with van der Waals surface area (Å²) in [7, 11) is -3.60. The molecule has 0 spiro atoms. The van der Waals surface area contributed by atoms with Gasteiger partial charge in [-0.1, -0.05) is 30.3 Å². The maximum Gasteiger partial charge on any atom is 0.340 e. The van der Waals surface area contributed by atoms with Crippen LogP contribution in [0.25, 0.3) is 10.9 Å². The van der Waals surface area contributed by atoms with E-state index in [1.54, 1.807) is 13.0 Å². The number of sulfone groups is 1. The number of aryl methyl sites for hydroxylation is 1. The fourth-order valence-electron chi connectivity index (χ4n) is 3.03. The van der Waals surface area contributed by atoms with E-state index in [1.807, 2.05) is 24.3 Å². The molecule has 1 atom stereocenters. The fraction of sp³-hybridized carbons (Fsp3) is 0.200. The summed E-state index contributed by atoms with van der Waals surface area (Å²) in [5, 5.41) is 0.749. The molecular weight excluding hydrogens is 366 g/mol. The maximum absolute atomic E-state index is 12.9. The molecule has 140 valence electrons. The van der Waals surface area contributed by atoms with Gasteiger partial charge in [-0.05, 0) is 32.0 Å². The number of nitrogens with one attached hydrogen (secondary N) is 1. The highest BCUT2D eigenvalue weighted by atomic mass is 32.2. The number of fused-ring (bicyclic) bond motifs is 1. The first kappa shape index (κ1) is 18.8. The van der Waals surface area contributed by atoms with Crippen LogP contribution in [0.15, 0.2) is 53.4 Å². The van der Waals surface area contributed by atoms with Crippen molar-refractivity contribution in [3.8, 4) is 0 Å². The third kappa shape index (κ3) is 3.64. The summed E-state index contributed by atoms with van der Waals surface area (Å²) < 4.78 is 29.0. The lowest BCUT2D eigenvalue weighted by atomic mass is 10.0. The molecule has 1 heterocycles. The molecule has 3 aromatic rings. The Balaban J connectivity index is 1.90. The number of H-pyrrole nitrogens is 1. The third-order valence-electron chi connectivity index (χ3n) is 4.30. The van der Waals surface area contributed by atoms with Crippen molar-refractivity contribution in [2.24, 2.45) is 0 Å². The average molecular weight is 385 g/mol. The average Bonchev–Trinajstić information content (AvgIpc) is 2.95. The second-order valence-corrected chi connectivity index (χ2v) is 8.33. The molecular formula is C20H19NO5S. The summed E-state index contributed by atoms with van der Waals surface area (Å²) in [6.45, 7) is 3.26. The lowest BCUT2D eigenvalue weighted by molar-refractivity contribution is 0.0315. The predicted octanol–water partition coefficient (Wildman–Crippen LogP) is 3.31. The van der Waals surface area contributed by atoms with E-state index in [4.69, 9.17) is 4.74 Å². The van der Waals surface area contributed by atoms with Gasteiger partial charge in [-0.2, -0.15) is 0 Å². The molecule has 0 fully saturated rings. The highest BCUT2D eigenvalue weighted by Crippen LogP contribution is 2.24. The first-order valence-corrected chi connectivity index (χ1v) is 10.2. The quantitative estimate of drug-likeness (QED) is 0.537. The Bertz CT molecular complexity index is 1140. The number of carbonyl (C=O) groups is 2. The molecule has 7 heteroatoms. The number of Topliss-reactive ketones (excluding diaryl/α,β-unsaturated/α-hetero) is 1. The van der Waals surface area contributed by atoms with Gasteiger partial charge in [0.2, 0.25) is 5.78 Å². The molecule has 27 heavy (non-hydrogen) atoms. The van der Waals surface area contributed by atoms with Crippen LogP contribution in [0.3, 0.4) is 0 Å². The molecule has 0 unspecified atom stereocenters. The van der Waals surface area contributed by atoms with Crippen LogP contribution in [-0.2, 0) is 14.6 Å². The van der Waals surface area contributed by atoms with E-state index in [-0.39, 0.29) is 16.2 Å². The van der Waals surface area contributed by atoms with Gasteiger partial charge in [0.1, 0.15) is 0 Å². The van der Waals surface area contributed by atoms with E-state index in [9.17, 15) is 18.0 Å². The van der Waals surface area contributed by atoms with Crippen LogP contribution in [0.1, 0.15) is 33.3 Å². The normalized spacial score (nSPS) is 12.7. The Hall–Kier alpha value is -2.93. The van der Waals surface area contributed by atoms with Crippen molar-refractivity contribution >= 4 is 32.5 Å². The van der Waals surface area contributed by atoms with Crippen LogP contribution in [0.2, 0.25) is 0 Å². The summed E-state index contributed by atoms with van der Waals surface area (Å²) in [6.07, 6.45) is -0.0498. The highest BCUT2D eigenvalue weighted by molar-refractivity contribution is 7.90. The minimum absolute atomic E-state index is 0.0877. The Kier molecular flexibility index (Phi) is 4.89. The molecule has 0 aliphatic carbocycles. The monoisotopic (exact) mass is 385 g/mol. The molecule has 0 saturated heterocycles. The number of ketones is 1. The Labute approximate surface area is 157 Å². The topological polar surface area (TPSA) is 93.3 Å². The van der Waals surface area contributed by atoms with Gasteiger partial charge in [0.25, 0.3) is 0 Å². The highest BCUT2D eigenvalue weighted by Gasteiger charge is 2.27. The zero-order valence-electron chi connectivity index (χ0n) is 15.1. The van der Waals surface area contributed by atoms with E-state index >= 15 is 0 Å². The summed E-state index contributed by atoms with van der Waals surface area (Å²) >= 11 is 0. The van der Waals surface area contributed by atoms with Crippen molar-refractivity contribution in [1.82, 2.24) is 4.98 Å². The molecule has 0 amide bonds. The first-order chi connectivity index (χ1) is 12.7. The van der Waals surface area contributed by atoms with Crippen molar-refractivity contribution in [2.45, 2.75) is 24.8 Å². The van der Waals surface area contributed by atoms with Crippen LogP contribution in [0.4, 0.5) is 0 Å².